The first-order chi connectivity index (χ1) is 5.00. The summed E-state index contributed by atoms with van der Waals surface area (Å²) in [4.78, 5) is 0. The Balaban J connectivity index is 2.46. The molecule has 0 spiro atoms. The highest BCUT2D eigenvalue weighted by Crippen LogP contribution is 2.32. The van der Waals surface area contributed by atoms with Crippen LogP contribution in [0.25, 0.3) is 0 Å². The van der Waals surface area contributed by atoms with Crippen LogP contribution < -0.4 is 0 Å². The Labute approximate surface area is 69.2 Å². The molecule has 0 bridgehead atoms. The molecule has 1 saturated heterocycles. The molecular formula is C9H19NO. The standard InChI is InChI=1S/C9H19NO/c1-9(2,3)8-5-4-6-10(11)7-8/h8,11H,4-7H2,1-3H3/t8-/m0/s1. The largest absolute Gasteiger partial charge is 0.314 e. The zero-order chi connectivity index (χ0) is 8.48. The second-order valence-electron chi connectivity index (χ2n) is 4.62. The second kappa shape index (κ2) is 3.11. The number of rotatable bonds is 0. The van der Waals surface area contributed by atoms with Gasteiger partial charge < -0.3 is 5.21 Å². The summed E-state index contributed by atoms with van der Waals surface area (Å²) in [5.41, 5.74) is 0.349. The fourth-order valence-corrected chi connectivity index (χ4v) is 1.66. The van der Waals surface area contributed by atoms with E-state index in [1.165, 1.54) is 11.5 Å². The molecule has 0 amide bonds. The lowest BCUT2D eigenvalue weighted by atomic mass is 9.77. The van der Waals surface area contributed by atoms with Gasteiger partial charge in [0.05, 0.1) is 0 Å². The predicted molar refractivity (Wildman–Crippen MR) is 45.5 cm³/mol. The molecule has 1 N–H and O–H groups in total. The van der Waals surface area contributed by atoms with Crippen molar-refractivity contribution in [3.63, 3.8) is 0 Å². The van der Waals surface area contributed by atoms with Crippen LogP contribution in [0.2, 0.25) is 0 Å². The van der Waals surface area contributed by atoms with Crippen LogP contribution in [-0.2, 0) is 0 Å². The average molecular weight is 157 g/mol. The van der Waals surface area contributed by atoms with Crippen molar-refractivity contribution >= 4 is 0 Å². The van der Waals surface area contributed by atoms with Gasteiger partial charge in [-0.25, -0.2) is 0 Å². The Bertz CT molecular complexity index is 128. The van der Waals surface area contributed by atoms with E-state index in [0.29, 0.717) is 11.3 Å². The molecule has 1 atom stereocenters. The van der Waals surface area contributed by atoms with E-state index in [1.807, 2.05) is 0 Å². The molecule has 2 nitrogen and oxygen atoms in total. The Morgan fingerprint density at radius 1 is 1.36 bits per heavy atom. The summed E-state index contributed by atoms with van der Waals surface area (Å²) in [7, 11) is 0. The third-order valence-corrected chi connectivity index (χ3v) is 2.62. The molecule has 0 saturated carbocycles. The van der Waals surface area contributed by atoms with Crippen molar-refractivity contribution in [3.05, 3.63) is 0 Å². The maximum atomic E-state index is 9.28. The maximum Gasteiger partial charge on any atom is 0.0271 e. The van der Waals surface area contributed by atoms with Crippen molar-refractivity contribution in [2.45, 2.75) is 33.6 Å². The molecule has 11 heavy (non-hydrogen) atoms. The molecule has 66 valence electrons. The van der Waals surface area contributed by atoms with Gasteiger partial charge in [-0.3, -0.25) is 0 Å². The third-order valence-electron chi connectivity index (χ3n) is 2.62. The number of hydrogen-bond donors (Lipinski definition) is 1. The number of hydrogen-bond acceptors (Lipinski definition) is 2. The number of hydroxylamine groups is 2. The molecule has 2 heteroatoms. The van der Waals surface area contributed by atoms with Gasteiger partial charge in [0.2, 0.25) is 0 Å². The van der Waals surface area contributed by atoms with Gasteiger partial charge in [-0.15, -0.1) is 0 Å². The summed E-state index contributed by atoms with van der Waals surface area (Å²) in [6.45, 7) is 8.44. The predicted octanol–water partition coefficient (Wildman–Crippen LogP) is 2.13. The average Bonchev–Trinajstić information content (AvgIpc) is 1.86. The molecule has 0 radical (unpaired) electrons. The highest BCUT2D eigenvalue weighted by Gasteiger charge is 2.28. The van der Waals surface area contributed by atoms with Gasteiger partial charge in [0, 0.05) is 13.1 Å². The molecule has 0 unspecified atom stereocenters. The first-order valence-electron chi connectivity index (χ1n) is 4.44. The molecule has 0 aromatic carbocycles. The highest BCUT2D eigenvalue weighted by molar-refractivity contribution is 4.78. The van der Waals surface area contributed by atoms with E-state index in [2.05, 4.69) is 20.8 Å². The summed E-state index contributed by atoms with van der Waals surface area (Å²) in [6.07, 6.45) is 2.40. The summed E-state index contributed by atoms with van der Waals surface area (Å²) in [5.74, 6) is 0.654. The topological polar surface area (TPSA) is 23.5 Å². The monoisotopic (exact) mass is 157 g/mol. The second-order valence-corrected chi connectivity index (χ2v) is 4.62. The van der Waals surface area contributed by atoms with Crippen molar-refractivity contribution in [1.29, 1.82) is 0 Å². The summed E-state index contributed by atoms with van der Waals surface area (Å²) in [5, 5.41) is 10.7. The first kappa shape index (κ1) is 9.01. The first-order valence-corrected chi connectivity index (χ1v) is 4.44. The van der Waals surface area contributed by atoms with Gasteiger partial charge >= 0.3 is 0 Å². The molecule has 1 fully saturated rings. The van der Waals surface area contributed by atoms with Gasteiger partial charge in [-0.2, -0.15) is 5.06 Å². The molecular weight excluding hydrogens is 138 g/mol. The van der Waals surface area contributed by atoms with Crippen molar-refractivity contribution in [1.82, 2.24) is 5.06 Å². The Morgan fingerprint density at radius 3 is 2.36 bits per heavy atom. The molecule has 1 heterocycles. The lowest BCUT2D eigenvalue weighted by Gasteiger charge is -2.36. The summed E-state index contributed by atoms with van der Waals surface area (Å²) < 4.78 is 0. The van der Waals surface area contributed by atoms with E-state index >= 15 is 0 Å². The van der Waals surface area contributed by atoms with E-state index in [9.17, 15) is 5.21 Å². The molecule has 1 aliphatic rings. The van der Waals surface area contributed by atoms with Crippen molar-refractivity contribution in [3.8, 4) is 0 Å². The number of nitrogens with zero attached hydrogens (tertiary/aromatic N) is 1. The molecule has 0 aromatic heterocycles. The van der Waals surface area contributed by atoms with E-state index in [-0.39, 0.29) is 0 Å². The van der Waals surface area contributed by atoms with Crippen LogP contribution >= 0.6 is 0 Å². The van der Waals surface area contributed by atoms with E-state index in [1.54, 1.807) is 0 Å². The van der Waals surface area contributed by atoms with Crippen LogP contribution in [-0.4, -0.2) is 23.4 Å². The highest BCUT2D eigenvalue weighted by atomic mass is 16.5. The van der Waals surface area contributed by atoms with E-state index in [0.717, 1.165) is 19.5 Å². The zero-order valence-corrected chi connectivity index (χ0v) is 7.80. The number of piperidine rings is 1. The molecule has 0 aromatic rings. The summed E-state index contributed by atoms with van der Waals surface area (Å²) in [6, 6.07) is 0. The quantitative estimate of drug-likeness (QED) is 0.582. The lowest BCUT2D eigenvalue weighted by Crippen LogP contribution is -2.38. The smallest absolute Gasteiger partial charge is 0.0271 e. The Hall–Kier alpha value is -0.0800. The lowest BCUT2D eigenvalue weighted by molar-refractivity contribution is -0.129. The summed E-state index contributed by atoms with van der Waals surface area (Å²) >= 11 is 0. The van der Waals surface area contributed by atoms with Crippen LogP contribution in [0.4, 0.5) is 0 Å². The minimum absolute atomic E-state index is 0.349. The maximum absolute atomic E-state index is 9.28. The van der Waals surface area contributed by atoms with Crippen LogP contribution in [0, 0.1) is 11.3 Å². The molecule has 0 aliphatic carbocycles. The third kappa shape index (κ3) is 2.46. The molecule has 1 aliphatic heterocycles. The van der Waals surface area contributed by atoms with Gasteiger partial charge in [0.25, 0.3) is 0 Å². The Morgan fingerprint density at radius 2 is 2.00 bits per heavy atom. The fourth-order valence-electron chi connectivity index (χ4n) is 1.66. The van der Waals surface area contributed by atoms with Crippen LogP contribution in [0.1, 0.15) is 33.6 Å². The van der Waals surface area contributed by atoms with Gasteiger partial charge in [-0.05, 0) is 24.2 Å². The minimum Gasteiger partial charge on any atom is -0.314 e. The zero-order valence-electron chi connectivity index (χ0n) is 7.80. The van der Waals surface area contributed by atoms with Crippen LogP contribution in [0.15, 0.2) is 0 Å². The van der Waals surface area contributed by atoms with Crippen molar-refractivity contribution < 1.29 is 5.21 Å². The SMILES string of the molecule is CC(C)(C)[C@H]1CCCN(O)C1. The van der Waals surface area contributed by atoms with Gasteiger partial charge in [-0.1, -0.05) is 20.8 Å². The van der Waals surface area contributed by atoms with Crippen molar-refractivity contribution in [2.24, 2.45) is 11.3 Å². The normalized spacial score (nSPS) is 28.9. The van der Waals surface area contributed by atoms with Crippen LogP contribution in [0.5, 0.6) is 0 Å². The van der Waals surface area contributed by atoms with E-state index < -0.39 is 0 Å². The van der Waals surface area contributed by atoms with Gasteiger partial charge in [0.15, 0.2) is 0 Å². The molecule has 1 rings (SSSR count). The minimum atomic E-state index is 0.349. The van der Waals surface area contributed by atoms with E-state index in [4.69, 9.17) is 0 Å². The van der Waals surface area contributed by atoms with Gasteiger partial charge in [0.1, 0.15) is 0 Å². The Kier molecular flexibility index (Phi) is 2.55. The van der Waals surface area contributed by atoms with Crippen LogP contribution in [0.3, 0.4) is 0 Å². The fraction of sp³-hybridized carbons (Fsp3) is 1.00. The van der Waals surface area contributed by atoms with Crippen molar-refractivity contribution in [2.75, 3.05) is 13.1 Å².